The zero-order valence-electron chi connectivity index (χ0n) is 83.7. The Morgan fingerprint density at radius 1 is 0.221 bits per heavy atom. The predicted octanol–water partition coefficient (Wildman–Crippen LogP) is 34.1. The number of ether oxygens (including phenoxy) is 3. The molecule has 0 aliphatic carbocycles. The molecule has 4 N–H and O–H groups in total. The predicted molar refractivity (Wildman–Crippen MR) is 555 cm³/mol. The van der Waals surface area contributed by atoms with E-state index in [2.05, 4.69) is 191 Å². The molecule has 0 aromatic heterocycles. The van der Waals surface area contributed by atoms with Crippen LogP contribution in [-0.2, 0) is 55.8 Å². The second-order valence-corrected chi connectivity index (χ2v) is 38.6. The summed E-state index contributed by atoms with van der Waals surface area (Å²) in [5.41, 5.74) is 0. The Kier molecular flexibility index (Phi) is 99.8. The zero-order valence-corrected chi connectivity index (χ0v) is 85.5. The minimum absolute atomic E-state index is 0.0847. The minimum Gasteiger partial charge on any atom is -0.463 e. The maximum Gasteiger partial charge on any atom is 0.472 e. The third-order valence-corrected chi connectivity index (χ3v) is 24.8. The molecule has 0 bridgehead atoms. The van der Waals surface area contributed by atoms with Crippen molar-refractivity contribution in [2.24, 2.45) is 0 Å². The first-order valence-electron chi connectivity index (χ1n) is 53.4. The first kappa shape index (κ1) is 126. The largest absolute Gasteiger partial charge is 0.472 e. The van der Waals surface area contributed by atoms with Crippen LogP contribution in [0.4, 0.5) is 0 Å². The Hall–Kier alpha value is -5.09. The Morgan fingerprint density at radius 2 is 0.405 bits per heavy atom. The average molecular weight is 1870 g/mol. The molecule has 0 saturated carbocycles. The van der Waals surface area contributed by atoms with Crippen molar-refractivity contribution >= 4 is 33.6 Å². The third kappa shape index (κ3) is 105. The number of carbonyl (C=O) groups is 3. The Morgan fingerprint density at radius 3 is 0.641 bits per heavy atom. The highest BCUT2D eigenvalue weighted by Gasteiger charge is 2.30. The number of hydrogen-bond donors (Lipinski definition) is 4. The summed E-state index contributed by atoms with van der Waals surface area (Å²) in [5, 5.41) is 20.8. The molecule has 0 aromatic rings. The molecule has 131 heavy (non-hydrogen) atoms. The van der Waals surface area contributed by atoms with E-state index in [0.29, 0.717) is 19.3 Å². The normalized spacial score (nSPS) is 14.3. The SMILES string of the molecule is CC/C=C\C/C=C\C/C=C\C/C=C\C/C=C\C/C=C\CCCCCCCCC(=O)OC(COC(=O)CCCCCCCCCCCCCCCCCCCCC/C=C\C/C=C\C/C=C\C/C=C\CCCCC)COP(=O)(O)OCC(O)COP(=O)(O)OCC(O)COC(=O)CCCCCCCCCCCCCCCCCCCCC/C=C\C/C=C\C/C=C\C/C=C\CCCCC. The van der Waals surface area contributed by atoms with Crippen LogP contribution in [0.1, 0.15) is 470 Å². The maximum atomic E-state index is 13.1. The summed E-state index contributed by atoms with van der Waals surface area (Å²) in [4.78, 5) is 59.3. The number of phosphoric acid groups is 2. The van der Waals surface area contributed by atoms with Gasteiger partial charge < -0.3 is 34.2 Å². The summed E-state index contributed by atoms with van der Waals surface area (Å²) in [6.07, 6.45) is 137. The van der Waals surface area contributed by atoms with Crippen LogP contribution in [0.25, 0.3) is 0 Å². The van der Waals surface area contributed by atoms with Crippen molar-refractivity contribution in [1.29, 1.82) is 0 Å². The van der Waals surface area contributed by atoms with E-state index in [9.17, 15) is 43.5 Å². The molecule has 0 radical (unpaired) electrons. The number of phosphoric ester groups is 2. The summed E-state index contributed by atoms with van der Waals surface area (Å²) < 4.78 is 61.7. The van der Waals surface area contributed by atoms with Gasteiger partial charge in [-0.15, -0.1) is 0 Å². The van der Waals surface area contributed by atoms with Gasteiger partial charge >= 0.3 is 33.6 Å². The van der Waals surface area contributed by atoms with Crippen molar-refractivity contribution in [2.75, 3.05) is 39.6 Å². The van der Waals surface area contributed by atoms with Crippen LogP contribution < -0.4 is 0 Å². The van der Waals surface area contributed by atoms with Gasteiger partial charge in [-0.05, 0) is 161 Å². The molecule has 0 amide bonds. The molecule has 0 aliphatic heterocycles. The minimum atomic E-state index is -4.95. The van der Waals surface area contributed by atoms with Crippen LogP contribution in [-0.4, -0.2) is 95.9 Å². The van der Waals surface area contributed by atoms with Crippen molar-refractivity contribution in [3.05, 3.63) is 170 Å². The topological polar surface area (TPSA) is 231 Å². The maximum absolute atomic E-state index is 13.1. The lowest BCUT2D eigenvalue weighted by atomic mass is 10.0. The van der Waals surface area contributed by atoms with E-state index < -0.39 is 91.5 Å². The highest BCUT2D eigenvalue weighted by atomic mass is 31.2. The molecule has 5 atom stereocenters. The van der Waals surface area contributed by atoms with Gasteiger partial charge in [0.2, 0.25) is 0 Å². The smallest absolute Gasteiger partial charge is 0.463 e. The molecule has 0 aliphatic rings. The van der Waals surface area contributed by atoms with Crippen molar-refractivity contribution in [3.63, 3.8) is 0 Å². The molecule has 0 spiro atoms. The highest BCUT2D eigenvalue weighted by molar-refractivity contribution is 7.47. The van der Waals surface area contributed by atoms with E-state index in [0.717, 1.165) is 154 Å². The van der Waals surface area contributed by atoms with E-state index in [1.165, 1.54) is 257 Å². The number of carbonyl (C=O) groups excluding carboxylic acids is 3. The van der Waals surface area contributed by atoms with Gasteiger partial charge in [0.1, 0.15) is 25.4 Å². The molecular weight excluding hydrogens is 1680 g/mol. The van der Waals surface area contributed by atoms with Gasteiger partial charge in [-0.3, -0.25) is 32.5 Å². The van der Waals surface area contributed by atoms with E-state index in [-0.39, 0.29) is 19.3 Å². The number of hydrogen-bond acceptors (Lipinski definition) is 14. The molecular formula is C113H196O16P2. The van der Waals surface area contributed by atoms with Gasteiger partial charge in [-0.2, -0.15) is 0 Å². The Balaban J connectivity index is 4.56. The number of rotatable bonds is 101. The molecule has 0 rings (SSSR count). The lowest BCUT2D eigenvalue weighted by Crippen LogP contribution is -2.30. The van der Waals surface area contributed by atoms with E-state index >= 15 is 0 Å². The third-order valence-electron chi connectivity index (χ3n) is 22.9. The number of unbranched alkanes of at least 4 members (excludes halogenated alkanes) is 50. The summed E-state index contributed by atoms with van der Waals surface area (Å²) in [5.74, 6) is -1.57. The van der Waals surface area contributed by atoms with Crippen LogP contribution in [0.3, 0.4) is 0 Å². The van der Waals surface area contributed by atoms with Gasteiger partial charge in [0.15, 0.2) is 6.10 Å². The fourth-order valence-electron chi connectivity index (χ4n) is 14.8. The molecule has 754 valence electrons. The summed E-state index contributed by atoms with van der Waals surface area (Å²) in [7, 11) is -9.83. The molecule has 0 aromatic carbocycles. The lowest BCUT2D eigenvalue weighted by Gasteiger charge is -2.21. The van der Waals surface area contributed by atoms with Gasteiger partial charge in [-0.25, -0.2) is 9.13 Å². The van der Waals surface area contributed by atoms with Crippen LogP contribution in [0.15, 0.2) is 170 Å². The fraction of sp³-hybridized carbons (Fsp3) is 0.726. The van der Waals surface area contributed by atoms with Crippen LogP contribution >= 0.6 is 15.6 Å². The second-order valence-electron chi connectivity index (χ2n) is 35.7. The van der Waals surface area contributed by atoms with Gasteiger partial charge in [0.05, 0.1) is 26.4 Å². The van der Waals surface area contributed by atoms with Crippen LogP contribution in [0.5, 0.6) is 0 Å². The number of esters is 3. The molecule has 5 unspecified atom stereocenters. The summed E-state index contributed by atoms with van der Waals surface area (Å²) >= 11 is 0. The molecule has 16 nitrogen and oxygen atoms in total. The second kappa shape index (κ2) is 104. The zero-order chi connectivity index (χ0) is 95.0. The lowest BCUT2D eigenvalue weighted by molar-refractivity contribution is -0.161. The van der Waals surface area contributed by atoms with Gasteiger partial charge in [-0.1, -0.05) is 461 Å². The molecule has 0 fully saturated rings. The fourth-order valence-corrected chi connectivity index (χ4v) is 16.4. The number of aliphatic hydroxyl groups is 2. The first-order chi connectivity index (χ1) is 64.2. The highest BCUT2D eigenvalue weighted by Crippen LogP contribution is 2.45. The van der Waals surface area contributed by atoms with E-state index in [4.69, 9.17) is 32.3 Å². The van der Waals surface area contributed by atoms with E-state index in [1.54, 1.807) is 0 Å². The van der Waals surface area contributed by atoms with Gasteiger partial charge in [0.25, 0.3) is 0 Å². The monoisotopic (exact) mass is 1870 g/mol. The van der Waals surface area contributed by atoms with Crippen molar-refractivity contribution in [3.8, 4) is 0 Å². The summed E-state index contributed by atoms with van der Waals surface area (Å²) in [6.45, 7) is 2.58. The Labute approximate surface area is 803 Å². The molecule has 18 heteroatoms. The molecule has 0 heterocycles. The standard InChI is InChI=1S/C113H196O16P2/c1-4-7-10-13-16-19-22-25-28-31-34-37-40-43-45-47-49-51-53-55-57-59-61-64-66-69-72-75-78-81-84-87-90-93-96-99-111(116)123-102-108(114)103-125-130(119,120)126-104-109(115)105-127-131(121,122)128-107-110(129-113(118)101-98-95-92-89-86-83-80-77-74-71-68-63-42-39-36-33-30-27-24-21-18-15-12-9-6-3)106-124-112(117)100-97-94-91-88-85-82-79-76-73-70-67-65-62-60-58-56-54-52-50-48-46-44-41-38-35-32-29-26-23-20-17-14-11-8-5-2/h9,12,16-21,25-30,34-39,43-46,63,68,74,77,108-110,114-115H,4-8,10-11,13-15,22-24,31-33,40-42,47-62,64-67,69-73,75-76,78-107H2,1-3H3,(H,119,120)(H,121,122)/b12-9-,19-16-,20-17-,21-18-,28-25-,29-26-,30-27-,37-34-,38-35-,39-36-,45-43-,46-44-,68-63-,77-74-. The van der Waals surface area contributed by atoms with Crippen LogP contribution in [0, 0.1) is 0 Å². The number of aliphatic hydroxyl groups excluding tert-OH is 2. The van der Waals surface area contributed by atoms with Gasteiger partial charge in [0, 0.05) is 19.3 Å². The molecule has 0 saturated heterocycles. The number of allylic oxidation sites excluding steroid dienone is 28. The summed E-state index contributed by atoms with van der Waals surface area (Å²) in [6, 6.07) is 0. The van der Waals surface area contributed by atoms with Crippen LogP contribution in [0.2, 0.25) is 0 Å². The van der Waals surface area contributed by atoms with E-state index in [1.807, 2.05) is 0 Å². The van der Waals surface area contributed by atoms with Crippen molar-refractivity contribution in [1.82, 2.24) is 0 Å². The van der Waals surface area contributed by atoms with Crippen molar-refractivity contribution < 1.29 is 75.8 Å². The quantitative estimate of drug-likeness (QED) is 0.0146. The average Bonchev–Trinajstić information content (AvgIpc) is 0.896. The van der Waals surface area contributed by atoms with Crippen molar-refractivity contribution in [2.45, 2.75) is 489 Å². The Bertz CT molecular complexity index is 3060. The first-order valence-corrected chi connectivity index (χ1v) is 56.4.